The quantitative estimate of drug-likeness (QED) is 0.720. The highest BCUT2D eigenvalue weighted by Crippen LogP contribution is 2.28. The highest BCUT2D eigenvalue weighted by atomic mass is 35.5. The molecule has 0 radical (unpaired) electrons. The fraction of sp³-hybridized carbons (Fsp3) is 0.278. The number of hydrogen-bond acceptors (Lipinski definition) is 4. The zero-order valence-corrected chi connectivity index (χ0v) is 16.9. The molecule has 0 saturated carbocycles. The lowest BCUT2D eigenvalue weighted by Crippen LogP contribution is -2.34. The van der Waals surface area contributed by atoms with Crippen LogP contribution in [-0.4, -0.2) is 39.5 Å². The van der Waals surface area contributed by atoms with E-state index in [0.29, 0.717) is 35.2 Å². The zero-order valence-electron chi connectivity index (χ0n) is 15.3. The monoisotopic (exact) mass is 411 g/mol. The van der Waals surface area contributed by atoms with Gasteiger partial charge in [-0.2, -0.15) is 0 Å². The first-order valence-corrected chi connectivity index (χ1v) is 10.2. The Bertz CT molecular complexity index is 897. The van der Waals surface area contributed by atoms with Gasteiger partial charge < -0.3 is 15.0 Å². The molecule has 0 unspecified atom stereocenters. The largest absolute Gasteiger partial charge is 0.495 e. The van der Waals surface area contributed by atoms with Gasteiger partial charge in [0.2, 0.25) is 0 Å². The number of halogens is 1. The number of anilines is 2. The van der Waals surface area contributed by atoms with E-state index in [9.17, 15) is 13.2 Å². The molecule has 0 fully saturated rings. The van der Waals surface area contributed by atoms with Crippen LogP contribution in [-0.2, 0) is 10.0 Å². The van der Waals surface area contributed by atoms with Gasteiger partial charge in [0, 0.05) is 18.8 Å². The summed E-state index contributed by atoms with van der Waals surface area (Å²) in [4.78, 5) is 13.7. The summed E-state index contributed by atoms with van der Waals surface area (Å²) < 4.78 is 32.5. The molecule has 146 valence electrons. The molecule has 27 heavy (non-hydrogen) atoms. The number of carbonyl (C=O) groups is 1. The predicted octanol–water partition coefficient (Wildman–Crippen LogP) is 4.02. The minimum atomic E-state index is -3.79. The van der Waals surface area contributed by atoms with Crippen molar-refractivity contribution in [3.63, 3.8) is 0 Å². The molecule has 0 aromatic heterocycles. The van der Waals surface area contributed by atoms with Crippen LogP contribution in [0.15, 0.2) is 47.4 Å². The topological polar surface area (TPSA) is 87.7 Å². The number of hydrogen-bond donors (Lipinski definition) is 2. The number of sulfonamides is 1. The molecule has 0 spiro atoms. The van der Waals surface area contributed by atoms with Gasteiger partial charge in [-0.1, -0.05) is 11.6 Å². The molecular formula is C18H22ClN3O4S. The summed E-state index contributed by atoms with van der Waals surface area (Å²) in [6.45, 7) is 4.94. The smallest absolute Gasteiger partial charge is 0.321 e. The van der Waals surface area contributed by atoms with Crippen LogP contribution in [0.4, 0.5) is 16.2 Å². The lowest BCUT2D eigenvalue weighted by Gasteiger charge is -2.19. The molecule has 7 nitrogen and oxygen atoms in total. The third kappa shape index (κ3) is 5.27. The summed E-state index contributed by atoms with van der Waals surface area (Å²) in [6, 6.07) is 10.3. The number of carbonyl (C=O) groups excluding carboxylic acids is 1. The molecular weight excluding hydrogens is 390 g/mol. The van der Waals surface area contributed by atoms with E-state index in [1.165, 1.54) is 37.4 Å². The normalized spacial score (nSPS) is 11.0. The summed E-state index contributed by atoms with van der Waals surface area (Å²) in [5, 5.41) is 3.03. The Morgan fingerprint density at radius 3 is 2.19 bits per heavy atom. The number of rotatable bonds is 7. The summed E-state index contributed by atoms with van der Waals surface area (Å²) in [5.74, 6) is 0.452. The van der Waals surface area contributed by atoms with Crippen molar-refractivity contribution in [1.82, 2.24) is 4.90 Å². The van der Waals surface area contributed by atoms with E-state index in [0.717, 1.165) is 0 Å². The second kappa shape index (κ2) is 8.96. The van der Waals surface area contributed by atoms with Crippen molar-refractivity contribution in [3.05, 3.63) is 47.5 Å². The van der Waals surface area contributed by atoms with Gasteiger partial charge in [-0.3, -0.25) is 4.72 Å². The second-order valence-electron chi connectivity index (χ2n) is 5.58. The van der Waals surface area contributed by atoms with Crippen molar-refractivity contribution < 1.29 is 17.9 Å². The molecule has 2 N–H and O–H groups in total. The number of urea groups is 1. The van der Waals surface area contributed by atoms with Crippen molar-refractivity contribution in [2.45, 2.75) is 18.7 Å². The predicted molar refractivity (Wildman–Crippen MR) is 107 cm³/mol. The van der Waals surface area contributed by atoms with E-state index in [-0.39, 0.29) is 10.9 Å². The molecule has 0 saturated heterocycles. The Balaban J connectivity index is 2.13. The lowest BCUT2D eigenvalue weighted by atomic mass is 10.3. The molecule has 2 rings (SSSR count). The molecule has 0 aliphatic heterocycles. The van der Waals surface area contributed by atoms with E-state index < -0.39 is 10.0 Å². The number of nitrogens with zero attached hydrogens (tertiary/aromatic N) is 1. The Labute approximate surface area is 164 Å². The van der Waals surface area contributed by atoms with Crippen LogP contribution in [0.25, 0.3) is 0 Å². The Kier molecular flexibility index (Phi) is 6.92. The fourth-order valence-corrected chi connectivity index (χ4v) is 3.68. The van der Waals surface area contributed by atoms with Gasteiger partial charge in [0.25, 0.3) is 10.0 Å². The van der Waals surface area contributed by atoms with Gasteiger partial charge in [-0.15, -0.1) is 0 Å². The van der Waals surface area contributed by atoms with Crippen LogP contribution in [0.3, 0.4) is 0 Å². The maximum atomic E-state index is 12.5. The average Bonchev–Trinajstić information content (AvgIpc) is 2.63. The summed E-state index contributed by atoms with van der Waals surface area (Å²) in [6.07, 6.45) is 0. The van der Waals surface area contributed by atoms with Crippen LogP contribution in [0.2, 0.25) is 5.02 Å². The number of benzene rings is 2. The molecule has 0 bridgehead atoms. The SMILES string of the molecule is CCN(CC)C(=O)Nc1ccc(S(=O)(=O)Nc2ccc(OC)c(Cl)c2)cc1. The Morgan fingerprint density at radius 1 is 1.07 bits per heavy atom. The van der Waals surface area contributed by atoms with Crippen LogP contribution < -0.4 is 14.8 Å². The van der Waals surface area contributed by atoms with E-state index >= 15 is 0 Å². The van der Waals surface area contributed by atoms with Crippen LogP contribution in [0, 0.1) is 0 Å². The van der Waals surface area contributed by atoms with Gasteiger partial charge in [0.1, 0.15) is 5.75 Å². The molecule has 0 heterocycles. The molecule has 0 atom stereocenters. The van der Waals surface area contributed by atoms with E-state index in [2.05, 4.69) is 10.0 Å². The van der Waals surface area contributed by atoms with Gasteiger partial charge in [-0.25, -0.2) is 13.2 Å². The van der Waals surface area contributed by atoms with Crippen molar-refractivity contribution >= 4 is 39.0 Å². The van der Waals surface area contributed by atoms with Crippen molar-refractivity contribution in [2.24, 2.45) is 0 Å². The first kappa shape index (κ1) is 20.9. The van der Waals surface area contributed by atoms with Gasteiger partial charge in [-0.05, 0) is 56.3 Å². The Hall–Kier alpha value is -2.45. The van der Waals surface area contributed by atoms with E-state index in [4.69, 9.17) is 16.3 Å². The molecule has 2 aromatic rings. The van der Waals surface area contributed by atoms with Gasteiger partial charge in [0.05, 0.1) is 22.7 Å². The first-order valence-electron chi connectivity index (χ1n) is 8.33. The van der Waals surface area contributed by atoms with Crippen LogP contribution >= 0.6 is 11.6 Å². The van der Waals surface area contributed by atoms with Gasteiger partial charge >= 0.3 is 6.03 Å². The zero-order chi connectivity index (χ0) is 20.0. The highest BCUT2D eigenvalue weighted by molar-refractivity contribution is 7.92. The minimum absolute atomic E-state index is 0.0651. The molecule has 0 aliphatic carbocycles. The van der Waals surface area contributed by atoms with Crippen molar-refractivity contribution in [2.75, 3.05) is 30.2 Å². The standard InChI is InChI=1S/C18H22ClN3O4S/c1-4-22(5-2)18(23)20-13-6-9-15(10-7-13)27(24,25)21-14-8-11-17(26-3)16(19)12-14/h6-12,21H,4-5H2,1-3H3,(H,20,23). The first-order chi connectivity index (χ1) is 12.8. The van der Waals surface area contributed by atoms with E-state index in [1.54, 1.807) is 17.0 Å². The van der Waals surface area contributed by atoms with Crippen LogP contribution in [0.1, 0.15) is 13.8 Å². The van der Waals surface area contributed by atoms with Crippen LogP contribution in [0.5, 0.6) is 5.75 Å². The number of ether oxygens (including phenoxy) is 1. The third-order valence-corrected chi connectivity index (χ3v) is 5.56. The lowest BCUT2D eigenvalue weighted by molar-refractivity contribution is 0.217. The maximum Gasteiger partial charge on any atom is 0.321 e. The third-order valence-electron chi connectivity index (χ3n) is 3.87. The fourth-order valence-electron chi connectivity index (χ4n) is 2.37. The molecule has 0 aliphatic rings. The number of nitrogens with one attached hydrogen (secondary N) is 2. The molecule has 2 amide bonds. The molecule has 9 heteroatoms. The highest BCUT2D eigenvalue weighted by Gasteiger charge is 2.16. The maximum absolute atomic E-state index is 12.5. The van der Waals surface area contributed by atoms with E-state index in [1.807, 2.05) is 13.8 Å². The van der Waals surface area contributed by atoms with Gasteiger partial charge in [0.15, 0.2) is 0 Å². The van der Waals surface area contributed by atoms with Crippen molar-refractivity contribution in [1.29, 1.82) is 0 Å². The number of amides is 2. The summed E-state index contributed by atoms with van der Waals surface area (Å²) in [7, 11) is -2.32. The van der Waals surface area contributed by atoms with Crippen molar-refractivity contribution in [3.8, 4) is 5.75 Å². The average molecular weight is 412 g/mol. The second-order valence-corrected chi connectivity index (χ2v) is 7.67. The molecule has 2 aromatic carbocycles. The minimum Gasteiger partial charge on any atom is -0.495 e. The summed E-state index contributed by atoms with van der Waals surface area (Å²) in [5.41, 5.74) is 0.832. The Morgan fingerprint density at radius 2 is 1.67 bits per heavy atom. The number of methoxy groups -OCH3 is 1. The summed E-state index contributed by atoms with van der Waals surface area (Å²) >= 11 is 6.02.